The first-order valence-corrected chi connectivity index (χ1v) is 8.88. The van der Waals surface area contributed by atoms with Gasteiger partial charge in [-0.25, -0.2) is 15.0 Å². The van der Waals surface area contributed by atoms with Gasteiger partial charge in [0.25, 0.3) is 5.91 Å². The van der Waals surface area contributed by atoms with Crippen molar-refractivity contribution in [1.82, 2.24) is 30.2 Å². The van der Waals surface area contributed by atoms with Crippen LogP contribution < -0.4 is 10.6 Å². The molecule has 0 aromatic carbocycles. The summed E-state index contributed by atoms with van der Waals surface area (Å²) in [5.41, 5.74) is 2.09. The monoisotopic (exact) mass is 380 g/mol. The number of nitrogens with one attached hydrogen (secondary N) is 2. The van der Waals surface area contributed by atoms with E-state index in [1.54, 1.807) is 23.3 Å². The molecular formula is C17H19F3N6O. The highest BCUT2D eigenvalue weighted by Gasteiger charge is 2.35. The van der Waals surface area contributed by atoms with E-state index in [1.165, 1.54) is 0 Å². The van der Waals surface area contributed by atoms with E-state index in [0.29, 0.717) is 24.5 Å². The third-order valence-electron chi connectivity index (χ3n) is 4.94. The Labute approximate surface area is 153 Å². The molecule has 0 bridgehead atoms. The molecule has 1 fully saturated rings. The Morgan fingerprint density at radius 2 is 2.04 bits per heavy atom. The zero-order valence-electron chi connectivity index (χ0n) is 14.5. The summed E-state index contributed by atoms with van der Waals surface area (Å²) in [4.78, 5) is 25.7. The van der Waals surface area contributed by atoms with Gasteiger partial charge in [-0.3, -0.25) is 9.36 Å². The summed E-state index contributed by atoms with van der Waals surface area (Å²) in [6.07, 6.45) is 4.09. The van der Waals surface area contributed by atoms with Crippen molar-refractivity contribution in [2.45, 2.75) is 50.4 Å². The van der Waals surface area contributed by atoms with E-state index in [9.17, 15) is 18.0 Å². The minimum absolute atomic E-state index is 0.146. The zero-order valence-corrected chi connectivity index (χ0v) is 14.5. The van der Waals surface area contributed by atoms with Crippen molar-refractivity contribution in [1.29, 1.82) is 0 Å². The Balaban J connectivity index is 1.42. The molecule has 7 nitrogen and oxygen atoms in total. The molecular weight excluding hydrogens is 361 g/mol. The van der Waals surface area contributed by atoms with Crippen molar-refractivity contribution in [3.05, 3.63) is 35.7 Å². The van der Waals surface area contributed by atoms with Gasteiger partial charge in [-0.2, -0.15) is 13.2 Å². The molecule has 2 aliphatic rings. The number of fused-ring (bicyclic) bond motifs is 1. The van der Waals surface area contributed by atoms with Crippen LogP contribution in [0.25, 0.3) is 5.95 Å². The summed E-state index contributed by atoms with van der Waals surface area (Å²) >= 11 is 0. The van der Waals surface area contributed by atoms with Crippen molar-refractivity contribution >= 4 is 5.91 Å². The number of imidazole rings is 1. The minimum Gasteiger partial charge on any atom is -0.348 e. The maximum atomic E-state index is 12.7. The fraction of sp³-hybridized carbons (Fsp3) is 0.529. The maximum Gasteiger partial charge on any atom is 0.401 e. The van der Waals surface area contributed by atoms with Crippen LogP contribution in [0.15, 0.2) is 18.7 Å². The number of amides is 1. The minimum atomic E-state index is -4.22. The number of carbonyl (C=O) groups excluding carboxylic acids is 1. The van der Waals surface area contributed by atoms with Crippen LogP contribution in [0.1, 0.15) is 41.0 Å². The van der Waals surface area contributed by atoms with Gasteiger partial charge in [-0.05, 0) is 32.1 Å². The molecule has 0 unspecified atom stereocenters. The Kier molecular flexibility index (Phi) is 4.58. The van der Waals surface area contributed by atoms with Crippen LogP contribution in [-0.2, 0) is 12.8 Å². The van der Waals surface area contributed by atoms with E-state index in [4.69, 9.17) is 0 Å². The molecule has 0 spiro atoms. The van der Waals surface area contributed by atoms with Gasteiger partial charge in [0.15, 0.2) is 0 Å². The van der Waals surface area contributed by atoms with Crippen molar-refractivity contribution in [3.63, 3.8) is 0 Å². The smallest absolute Gasteiger partial charge is 0.348 e. The van der Waals surface area contributed by atoms with E-state index in [2.05, 4.69) is 25.6 Å². The van der Waals surface area contributed by atoms with Gasteiger partial charge in [0.05, 0.1) is 6.54 Å². The first kappa shape index (κ1) is 17.9. The lowest BCUT2D eigenvalue weighted by molar-refractivity contribution is -0.127. The molecule has 0 aliphatic heterocycles. The van der Waals surface area contributed by atoms with Crippen LogP contribution in [0, 0.1) is 0 Å². The fourth-order valence-corrected chi connectivity index (χ4v) is 3.52. The highest BCUT2D eigenvalue weighted by Crippen LogP contribution is 2.26. The second kappa shape index (κ2) is 6.91. The summed E-state index contributed by atoms with van der Waals surface area (Å²) in [5, 5.41) is 5.35. The number of aryl methyl sites for hydroxylation is 1. The van der Waals surface area contributed by atoms with Crippen molar-refractivity contribution < 1.29 is 18.0 Å². The van der Waals surface area contributed by atoms with Crippen LogP contribution in [0.3, 0.4) is 0 Å². The van der Waals surface area contributed by atoms with E-state index in [-0.39, 0.29) is 18.0 Å². The summed E-state index contributed by atoms with van der Waals surface area (Å²) in [6, 6.07) is -0.374. The predicted octanol–water partition coefficient (Wildman–Crippen LogP) is 1.56. The van der Waals surface area contributed by atoms with E-state index >= 15 is 0 Å². The zero-order chi connectivity index (χ0) is 19.0. The molecule has 10 heteroatoms. The molecule has 2 aliphatic carbocycles. The molecule has 0 radical (unpaired) electrons. The second-order valence-corrected chi connectivity index (χ2v) is 6.96. The Hall–Kier alpha value is -2.49. The first-order chi connectivity index (χ1) is 12.9. The molecule has 1 saturated carbocycles. The van der Waals surface area contributed by atoms with Gasteiger partial charge in [0, 0.05) is 35.7 Å². The maximum absolute atomic E-state index is 12.7. The number of rotatable bonds is 5. The average molecular weight is 380 g/mol. The third kappa shape index (κ3) is 3.95. The third-order valence-corrected chi connectivity index (χ3v) is 4.94. The Morgan fingerprint density at radius 1 is 1.22 bits per heavy atom. The molecule has 27 heavy (non-hydrogen) atoms. The van der Waals surface area contributed by atoms with Gasteiger partial charge in [0.2, 0.25) is 5.95 Å². The van der Waals surface area contributed by atoms with Gasteiger partial charge in [-0.1, -0.05) is 0 Å². The number of nitrogens with zero attached hydrogens (tertiary/aromatic N) is 4. The number of hydrogen-bond acceptors (Lipinski definition) is 5. The van der Waals surface area contributed by atoms with Gasteiger partial charge in [0.1, 0.15) is 12.0 Å². The van der Waals surface area contributed by atoms with E-state index in [0.717, 1.165) is 30.5 Å². The number of alkyl halides is 3. The lowest BCUT2D eigenvalue weighted by Crippen LogP contribution is -2.54. The highest BCUT2D eigenvalue weighted by atomic mass is 19.4. The van der Waals surface area contributed by atoms with Crippen LogP contribution in [0.5, 0.6) is 0 Å². The number of halogens is 3. The summed E-state index contributed by atoms with van der Waals surface area (Å²) in [6.45, 7) is -1.01. The van der Waals surface area contributed by atoms with E-state index in [1.807, 2.05) is 0 Å². The molecule has 2 heterocycles. The van der Waals surface area contributed by atoms with Gasteiger partial charge >= 0.3 is 6.18 Å². The molecule has 144 valence electrons. The average Bonchev–Trinajstić information content (AvgIpc) is 3.25. The quantitative estimate of drug-likeness (QED) is 0.823. The van der Waals surface area contributed by atoms with Crippen LogP contribution in [-0.4, -0.2) is 50.2 Å². The van der Waals surface area contributed by atoms with Gasteiger partial charge < -0.3 is 10.6 Å². The summed E-state index contributed by atoms with van der Waals surface area (Å²) < 4.78 is 38.3. The van der Waals surface area contributed by atoms with E-state index < -0.39 is 12.7 Å². The Bertz CT molecular complexity index is 830. The number of hydrogen-bond donors (Lipinski definition) is 2. The van der Waals surface area contributed by atoms with Gasteiger partial charge in [-0.15, -0.1) is 0 Å². The molecule has 0 saturated heterocycles. The second-order valence-electron chi connectivity index (χ2n) is 6.96. The Morgan fingerprint density at radius 3 is 2.74 bits per heavy atom. The largest absolute Gasteiger partial charge is 0.401 e. The highest BCUT2D eigenvalue weighted by molar-refractivity contribution is 5.94. The van der Waals surface area contributed by atoms with Crippen molar-refractivity contribution in [2.75, 3.05) is 6.54 Å². The summed E-state index contributed by atoms with van der Waals surface area (Å²) in [5.74, 6) is 0.104. The molecule has 2 aromatic heterocycles. The molecule has 2 aromatic rings. The van der Waals surface area contributed by atoms with Crippen molar-refractivity contribution in [3.8, 4) is 5.95 Å². The standard InChI is InChI=1S/C17H19F3N6O/c18-17(19,20)8-22-10-6-11(7-10)23-15(27)14-12-2-1-3-13(12)24-16(25-14)26-5-4-21-9-26/h4-5,9-11,22H,1-3,6-8H2,(H,23,27). The first-order valence-electron chi connectivity index (χ1n) is 8.88. The van der Waals surface area contributed by atoms with Crippen molar-refractivity contribution in [2.24, 2.45) is 0 Å². The number of carbonyl (C=O) groups is 1. The van der Waals surface area contributed by atoms with Crippen LogP contribution >= 0.6 is 0 Å². The fourth-order valence-electron chi connectivity index (χ4n) is 3.52. The topological polar surface area (TPSA) is 84.7 Å². The molecule has 0 atom stereocenters. The lowest BCUT2D eigenvalue weighted by Gasteiger charge is -2.36. The SMILES string of the molecule is O=C(NC1CC(NCC(F)(F)F)C1)c1nc(-n2ccnc2)nc2c1CCC2. The van der Waals surface area contributed by atoms with Crippen LogP contribution in [0.4, 0.5) is 13.2 Å². The predicted molar refractivity (Wildman–Crippen MR) is 89.5 cm³/mol. The lowest BCUT2D eigenvalue weighted by atomic mass is 9.86. The molecule has 2 N–H and O–H groups in total. The molecule has 4 rings (SSSR count). The normalized spacial score (nSPS) is 21.6. The summed E-state index contributed by atoms with van der Waals surface area (Å²) in [7, 11) is 0. The number of aromatic nitrogens is 4. The van der Waals surface area contributed by atoms with Crippen LogP contribution in [0.2, 0.25) is 0 Å². The molecule has 1 amide bonds.